The van der Waals surface area contributed by atoms with Gasteiger partial charge in [-0.2, -0.15) is 0 Å². The van der Waals surface area contributed by atoms with Crippen LogP contribution in [0.2, 0.25) is 0 Å². The first-order valence-electron chi connectivity index (χ1n) is 4.92. The minimum absolute atomic E-state index is 0.465. The van der Waals surface area contributed by atoms with Crippen molar-refractivity contribution in [2.75, 3.05) is 14.2 Å². The first kappa shape index (κ1) is 13.5. The number of ketones is 2. The number of rotatable bonds is 5. The largest absolute Gasteiger partial charge is 0.493 e. The van der Waals surface area contributed by atoms with E-state index in [1.54, 1.807) is 18.2 Å². The zero-order valence-electron chi connectivity index (χ0n) is 9.82. The Hall–Kier alpha value is -1.55. The van der Waals surface area contributed by atoms with Crippen LogP contribution in [-0.2, 0) is 9.59 Å². The van der Waals surface area contributed by atoms with Crippen LogP contribution in [0.4, 0.5) is 0 Å². The molecular weight excluding hydrogens is 244 g/mol. The number of carbonyl (C=O) groups excluding carboxylic acids is 2. The topological polar surface area (TPSA) is 52.6 Å². The molecule has 0 saturated heterocycles. The Bertz CT molecular complexity index is 442. The summed E-state index contributed by atoms with van der Waals surface area (Å²) in [7, 11) is 2.99. The molecule has 0 aliphatic heterocycles. The summed E-state index contributed by atoms with van der Waals surface area (Å²) >= 11 is 5.91. The highest BCUT2D eigenvalue weighted by molar-refractivity contribution is 6.48. The van der Waals surface area contributed by atoms with E-state index in [4.69, 9.17) is 21.1 Å². The average molecular weight is 257 g/mol. The predicted octanol–water partition coefficient (Wildman–Crippen LogP) is 2.14. The quantitative estimate of drug-likeness (QED) is 0.598. The third-order valence-electron chi connectivity index (χ3n) is 2.28. The highest BCUT2D eigenvalue weighted by Gasteiger charge is 2.22. The summed E-state index contributed by atoms with van der Waals surface area (Å²) in [5.74, 6) is -0.207. The second-order valence-electron chi connectivity index (χ2n) is 3.40. The van der Waals surface area contributed by atoms with E-state index in [0.717, 1.165) is 0 Å². The van der Waals surface area contributed by atoms with Gasteiger partial charge in [-0.1, -0.05) is 6.07 Å². The van der Waals surface area contributed by atoms with Gasteiger partial charge in [0, 0.05) is 6.92 Å². The second kappa shape index (κ2) is 5.68. The van der Waals surface area contributed by atoms with E-state index in [1.807, 2.05) is 0 Å². The molecular formula is C12H13ClO4. The molecule has 17 heavy (non-hydrogen) atoms. The number of carbonyl (C=O) groups is 2. The van der Waals surface area contributed by atoms with Crippen molar-refractivity contribution in [3.8, 4) is 11.5 Å². The highest BCUT2D eigenvalue weighted by atomic mass is 35.5. The Labute approximate surface area is 104 Å². The Morgan fingerprint density at radius 3 is 2.24 bits per heavy atom. The zero-order valence-corrected chi connectivity index (χ0v) is 10.6. The zero-order chi connectivity index (χ0) is 13.0. The first-order valence-corrected chi connectivity index (χ1v) is 5.35. The normalized spacial score (nSPS) is 11.8. The molecule has 92 valence electrons. The highest BCUT2D eigenvalue weighted by Crippen LogP contribution is 2.32. The smallest absolute Gasteiger partial charge is 0.220 e. The molecule has 0 fully saturated rings. The molecule has 4 nitrogen and oxygen atoms in total. The van der Waals surface area contributed by atoms with Crippen molar-refractivity contribution in [2.24, 2.45) is 0 Å². The summed E-state index contributed by atoms with van der Waals surface area (Å²) < 4.78 is 10.1. The molecule has 0 aromatic heterocycles. The average Bonchev–Trinajstić information content (AvgIpc) is 2.35. The van der Waals surface area contributed by atoms with Crippen LogP contribution in [0.3, 0.4) is 0 Å². The number of halogens is 1. The van der Waals surface area contributed by atoms with Gasteiger partial charge in [-0.05, 0) is 17.7 Å². The molecule has 0 bridgehead atoms. The SMILES string of the molecule is COc1ccc(C(Cl)C(=O)C(C)=O)cc1OC. The fraction of sp³-hybridized carbons (Fsp3) is 0.333. The van der Waals surface area contributed by atoms with Crippen molar-refractivity contribution in [3.63, 3.8) is 0 Å². The van der Waals surface area contributed by atoms with E-state index in [2.05, 4.69) is 0 Å². The lowest BCUT2D eigenvalue weighted by atomic mass is 10.1. The predicted molar refractivity (Wildman–Crippen MR) is 63.8 cm³/mol. The van der Waals surface area contributed by atoms with Gasteiger partial charge in [0.2, 0.25) is 5.78 Å². The Kier molecular flexibility index (Phi) is 4.52. The molecule has 1 aromatic carbocycles. The lowest BCUT2D eigenvalue weighted by Gasteiger charge is -2.11. The maximum Gasteiger partial charge on any atom is 0.220 e. The molecule has 1 aromatic rings. The monoisotopic (exact) mass is 256 g/mol. The van der Waals surface area contributed by atoms with E-state index in [1.165, 1.54) is 21.1 Å². The van der Waals surface area contributed by atoms with Crippen molar-refractivity contribution in [3.05, 3.63) is 23.8 Å². The number of ether oxygens (including phenoxy) is 2. The molecule has 0 N–H and O–H groups in total. The summed E-state index contributed by atoms with van der Waals surface area (Å²) in [5.41, 5.74) is 0.504. The van der Waals surface area contributed by atoms with E-state index in [9.17, 15) is 9.59 Å². The van der Waals surface area contributed by atoms with Crippen LogP contribution in [-0.4, -0.2) is 25.8 Å². The molecule has 1 rings (SSSR count). The lowest BCUT2D eigenvalue weighted by molar-refractivity contribution is -0.135. The number of methoxy groups -OCH3 is 2. The second-order valence-corrected chi connectivity index (χ2v) is 3.83. The van der Waals surface area contributed by atoms with Crippen molar-refractivity contribution >= 4 is 23.2 Å². The van der Waals surface area contributed by atoms with Crippen LogP contribution in [0, 0.1) is 0 Å². The molecule has 5 heteroatoms. The van der Waals surface area contributed by atoms with Crippen LogP contribution in [0.25, 0.3) is 0 Å². The van der Waals surface area contributed by atoms with Gasteiger partial charge in [0.05, 0.1) is 14.2 Å². The molecule has 0 spiro atoms. The van der Waals surface area contributed by atoms with Crippen LogP contribution in [0.15, 0.2) is 18.2 Å². The van der Waals surface area contributed by atoms with E-state index in [-0.39, 0.29) is 0 Å². The van der Waals surface area contributed by atoms with E-state index >= 15 is 0 Å². The van der Waals surface area contributed by atoms with Gasteiger partial charge in [-0.3, -0.25) is 9.59 Å². The fourth-order valence-electron chi connectivity index (χ4n) is 1.34. The molecule has 1 atom stereocenters. The number of hydrogen-bond donors (Lipinski definition) is 0. The minimum atomic E-state index is -0.993. The maximum atomic E-state index is 11.4. The summed E-state index contributed by atoms with van der Waals surface area (Å²) in [6, 6.07) is 4.84. The van der Waals surface area contributed by atoms with Gasteiger partial charge >= 0.3 is 0 Å². The molecule has 0 aliphatic rings. The summed E-state index contributed by atoms with van der Waals surface area (Å²) in [6.07, 6.45) is 0. The molecule has 0 aliphatic carbocycles. The number of benzene rings is 1. The summed E-state index contributed by atoms with van der Waals surface area (Å²) in [6.45, 7) is 1.19. The summed E-state index contributed by atoms with van der Waals surface area (Å²) in [4.78, 5) is 22.4. The van der Waals surface area contributed by atoms with Crippen LogP contribution < -0.4 is 9.47 Å². The third-order valence-corrected chi connectivity index (χ3v) is 2.73. The molecule has 0 heterocycles. The van der Waals surface area contributed by atoms with Gasteiger partial charge in [0.25, 0.3) is 0 Å². The van der Waals surface area contributed by atoms with Crippen LogP contribution in [0.5, 0.6) is 11.5 Å². The maximum absolute atomic E-state index is 11.4. The Morgan fingerprint density at radius 2 is 1.76 bits per heavy atom. The Morgan fingerprint density at radius 1 is 1.18 bits per heavy atom. The number of alkyl halides is 1. The van der Waals surface area contributed by atoms with Crippen LogP contribution >= 0.6 is 11.6 Å². The van der Waals surface area contributed by atoms with Crippen molar-refractivity contribution in [2.45, 2.75) is 12.3 Å². The van der Waals surface area contributed by atoms with Crippen LogP contribution in [0.1, 0.15) is 17.9 Å². The number of Topliss-reactive ketones (excluding diaryl/α,β-unsaturated/α-hetero) is 2. The van der Waals surface area contributed by atoms with Gasteiger partial charge in [0.1, 0.15) is 5.38 Å². The molecule has 1 unspecified atom stereocenters. The van der Waals surface area contributed by atoms with Crippen molar-refractivity contribution in [1.82, 2.24) is 0 Å². The minimum Gasteiger partial charge on any atom is -0.493 e. The van der Waals surface area contributed by atoms with Gasteiger partial charge in [0.15, 0.2) is 17.3 Å². The van der Waals surface area contributed by atoms with Gasteiger partial charge in [-0.25, -0.2) is 0 Å². The molecule has 0 saturated carbocycles. The third kappa shape index (κ3) is 2.97. The lowest BCUT2D eigenvalue weighted by Crippen LogP contribution is -2.15. The standard InChI is InChI=1S/C12H13ClO4/c1-7(14)12(15)11(13)8-4-5-9(16-2)10(6-8)17-3/h4-6,11H,1-3H3. The molecule has 0 amide bonds. The number of hydrogen-bond acceptors (Lipinski definition) is 4. The van der Waals surface area contributed by atoms with Gasteiger partial charge in [-0.15, -0.1) is 11.6 Å². The van der Waals surface area contributed by atoms with E-state index in [0.29, 0.717) is 17.1 Å². The van der Waals surface area contributed by atoms with Gasteiger partial charge < -0.3 is 9.47 Å². The van der Waals surface area contributed by atoms with Crippen molar-refractivity contribution in [1.29, 1.82) is 0 Å². The van der Waals surface area contributed by atoms with Crippen molar-refractivity contribution < 1.29 is 19.1 Å². The summed E-state index contributed by atoms with van der Waals surface area (Å²) in [5, 5.41) is -0.993. The fourth-order valence-corrected chi connectivity index (χ4v) is 1.63. The molecule has 0 radical (unpaired) electrons. The van der Waals surface area contributed by atoms with E-state index < -0.39 is 16.9 Å². The Balaban J connectivity index is 3.07. The first-order chi connectivity index (χ1) is 8.01.